The molecule has 0 unspecified atom stereocenters. The fourth-order valence-corrected chi connectivity index (χ4v) is 4.15. The zero-order valence-corrected chi connectivity index (χ0v) is 19.6. The average Bonchev–Trinajstić information content (AvgIpc) is 3.03. The minimum atomic E-state index is -0.594. The van der Waals surface area contributed by atoms with Crippen molar-refractivity contribution in [2.45, 2.75) is 40.5 Å². The Bertz CT molecular complexity index is 956. The number of hydrogen-bond acceptors (Lipinski definition) is 7. The van der Waals surface area contributed by atoms with Gasteiger partial charge in [0.15, 0.2) is 0 Å². The molecule has 0 radical (unpaired) electrons. The first kappa shape index (κ1) is 24.7. The third-order valence-corrected chi connectivity index (χ3v) is 5.71. The van der Waals surface area contributed by atoms with Crippen molar-refractivity contribution < 1.29 is 28.6 Å². The Labute approximate surface area is 190 Å². The first-order chi connectivity index (χ1) is 14.8. The lowest BCUT2D eigenvalue weighted by Gasteiger charge is -2.10. The van der Waals surface area contributed by atoms with Crippen molar-refractivity contribution in [3.05, 3.63) is 44.8 Å². The largest absolute Gasteiger partial charge is 0.493 e. The predicted octanol–water partition coefficient (Wildman–Crippen LogP) is 5.17. The van der Waals surface area contributed by atoms with E-state index in [4.69, 9.17) is 25.8 Å². The molecule has 0 aliphatic carbocycles. The van der Waals surface area contributed by atoms with Crippen LogP contribution in [-0.4, -0.2) is 37.7 Å². The van der Waals surface area contributed by atoms with Crippen molar-refractivity contribution in [1.29, 1.82) is 0 Å². The molecule has 168 valence electrons. The van der Waals surface area contributed by atoms with Gasteiger partial charge in [0.25, 0.3) is 0 Å². The summed E-state index contributed by atoms with van der Waals surface area (Å²) in [6.07, 6.45) is 0.651. The standard InChI is InChI=1S/C22H26ClNO6S/c1-5-28-21(26)18-14(4)19(22(27)29-6-2)31-20(18)24-17(25)8-7-11-30-16-10-9-15(23)12-13(16)3/h9-10,12H,5-8,11H2,1-4H3,(H,24,25). The summed E-state index contributed by atoms with van der Waals surface area (Å²) in [6, 6.07) is 5.34. The van der Waals surface area contributed by atoms with E-state index in [1.54, 1.807) is 39.0 Å². The number of ether oxygens (including phenoxy) is 3. The van der Waals surface area contributed by atoms with E-state index in [1.165, 1.54) is 0 Å². The molecule has 9 heteroatoms. The zero-order valence-electron chi connectivity index (χ0n) is 18.0. The molecule has 1 aromatic heterocycles. The molecule has 7 nitrogen and oxygen atoms in total. The van der Waals surface area contributed by atoms with Crippen LogP contribution < -0.4 is 10.1 Å². The number of halogens is 1. The second kappa shape index (κ2) is 11.7. The molecule has 0 saturated heterocycles. The van der Waals surface area contributed by atoms with Crippen molar-refractivity contribution in [1.82, 2.24) is 0 Å². The molecule has 2 rings (SSSR count). The van der Waals surface area contributed by atoms with E-state index >= 15 is 0 Å². The third-order valence-electron chi connectivity index (χ3n) is 4.28. The van der Waals surface area contributed by atoms with Gasteiger partial charge in [-0.3, -0.25) is 4.79 Å². The highest BCUT2D eigenvalue weighted by Crippen LogP contribution is 2.34. The highest BCUT2D eigenvalue weighted by molar-refractivity contribution is 7.18. The number of aryl methyl sites for hydroxylation is 1. The van der Waals surface area contributed by atoms with E-state index in [-0.39, 0.29) is 41.0 Å². The Balaban J connectivity index is 2.02. The summed E-state index contributed by atoms with van der Waals surface area (Å²) in [5, 5.41) is 3.63. The number of hydrogen-bond donors (Lipinski definition) is 1. The fourth-order valence-electron chi connectivity index (χ4n) is 2.82. The molecule has 1 heterocycles. The Morgan fingerprint density at radius 2 is 1.74 bits per heavy atom. The summed E-state index contributed by atoms with van der Waals surface area (Å²) < 4.78 is 15.8. The van der Waals surface area contributed by atoms with E-state index in [0.29, 0.717) is 29.4 Å². The molecule has 0 aliphatic rings. The van der Waals surface area contributed by atoms with Gasteiger partial charge >= 0.3 is 11.9 Å². The number of benzene rings is 1. The van der Waals surface area contributed by atoms with Crippen LogP contribution in [0.4, 0.5) is 5.00 Å². The molecular formula is C22H26ClNO6S. The number of anilines is 1. The van der Waals surface area contributed by atoms with Crippen LogP contribution in [0.2, 0.25) is 5.02 Å². The molecule has 0 spiro atoms. The number of carbonyl (C=O) groups is 3. The predicted molar refractivity (Wildman–Crippen MR) is 121 cm³/mol. The third kappa shape index (κ3) is 6.70. The number of thiophene rings is 1. The summed E-state index contributed by atoms with van der Waals surface area (Å²) in [6.45, 7) is 7.64. The van der Waals surface area contributed by atoms with E-state index in [1.807, 2.05) is 6.92 Å². The van der Waals surface area contributed by atoms with Gasteiger partial charge in [0.05, 0.1) is 25.4 Å². The lowest BCUT2D eigenvalue weighted by molar-refractivity contribution is -0.116. The minimum Gasteiger partial charge on any atom is -0.493 e. The van der Waals surface area contributed by atoms with Crippen LogP contribution in [0, 0.1) is 13.8 Å². The van der Waals surface area contributed by atoms with E-state index in [0.717, 1.165) is 16.9 Å². The van der Waals surface area contributed by atoms with Gasteiger partial charge in [-0.1, -0.05) is 11.6 Å². The quantitative estimate of drug-likeness (QED) is 0.383. The van der Waals surface area contributed by atoms with E-state index in [2.05, 4.69) is 5.32 Å². The Morgan fingerprint density at radius 3 is 2.39 bits per heavy atom. The monoisotopic (exact) mass is 467 g/mol. The second-order valence-corrected chi connectivity index (χ2v) is 8.07. The maximum atomic E-state index is 12.4. The van der Waals surface area contributed by atoms with Crippen molar-refractivity contribution in [2.24, 2.45) is 0 Å². The second-order valence-electron chi connectivity index (χ2n) is 6.61. The molecule has 0 saturated carbocycles. The lowest BCUT2D eigenvalue weighted by atomic mass is 10.1. The van der Waals surface area contributed by atoms with Gasteiger partial charge in [-0.15, -0.1) is 11.3 Å². The fraction of sp³-hybridized carbons (Fsp3) is 0.409. The summed E-state index contributed by atoms with van der Waals surface area (Å²) in [5.74, 6) is -0.715. The molecular weight excluding hydrogens is 442 g/mol. The van der Waals surface area contributed by atoms with Crippen molar-refractivity contribution in [2.75, 3.05) is 25.1 Å². The number of rotatable bonds is 10. The average molecular weight is 468 g/mol. The number of esters is 2. The number of carbonyl (C=O) groups excluding carboxylic acids is 3. The Hall–Kier alpha value is -2.58. The topological polar surface area (TPSA) is 90.9 Å². The van der Waals surface area contributed by atoms with Gasteiger partial charge in [-0.05, 0) is 63.4 Å². The minimum absolute atomic E-state index is 0.177. The smallest absolute Gasteiger partial charge is 0.348 e. The van der Waals surface area contributed by atoms with Crippen molar-refractivity contribution >= 4 is 45.8 Å². The maximum Gasteiger partial charge on any atom is 0.348 e. The molecule has 0 aliphatic heterocycles. The van der Waals surface area contributed by atoms with Crippen LogP contribution in [0.1, 0.15) is 57.8 Å². The lowest BCUT2D eigenvalue weighted by Crippen LogP contribution is -2.15. The molecule has 1 amide bonds. The molecule has 0 fully saturated rings. The van der Waals surface area contributed by atoms with Gasteiger partial charge in [-0.25, -0.2) is 9.59 Å². The number of nitrogens with one attached hydrogen (secondary N) is 1. The zero-order chi connectivity index (χ0) is 23.0. The van der Waals surface area contributed by atoms with Gasteiger partial charge in [-0.2, -0.15) is 0 Å². The first-order valence-corrected chi connectivity index (χ1v) is 11.1. The van der Waals surface area contributed by atoms with Crippen molar-refractivity contribution in [3.8, 4) is 5.75 Å². The van der Waals surface area contributed by atoms with Gasteiger partial charge in [0.1, 0.15) is 15.6 Å². The van der Waals surface area contributed by atoms with Crippen LogP contribution in [0.3, 0.4) is 0 Å². The highest BCUT2D eigenvalue weighted by atomic mass is 35.5. The number of amides is 1. The molecule has 2 aromatic rings. The van der Waals surface area contributed by atoms with Gasteiger partial charge < -0.3 is 19.5 Å². The molecule has 31 heavy (non-hydrogen) atoms. The molecule has 1 N–H and O–H groups in total. The van der Waals surface area contributed by atoms with Crippen LogP contribution in [0.25, 0.3) is 0 Å². The van der Waals surface area contributed by atoms with E-state index < -0.39 is 11.9 Å². The molecule has 0 bridgehead atoms. The maximum absolute atomic E-state index is 12.4. The van der Waals surface area contributed by atoms with Crippen LogP contribution >= 0.6 is 22.9 Å². The van der Waals surface area contributed by atoms with Crippen LogP contribution in [0.15, 0.2) is 18.2 Å². The SMILES string of the molecule is CCOC(=O)c1sc(NC(=O)CCCOc2ccc(Cl)cc2C)c(C(=O)OCC)c1C. The van der Waals surface area contributed by atoms with Crippen molar-refractivity contribution in [3.63, 3.8) is 0 Å². The summed E-state index contributed by atoms with van der Waals surface area (Å²) in [5.41, 5.74) is 1.52. The van der Waals surface area contributed by atoms with Crippen LogP contribution in [-0.2, 0) is 14.3 Å². The summed E-state index contributed by atoms with van der Waals surface area (Å²) >= 11 is 6.94. The Morgan fingerprint density at radius 1 is 1.06 bits per heavy atom. The van der Waals surface area contributed by atoms with Crippen LogP contribution in [0.5, 0.6) is 5.75 Å². The summed E-state index contributed by atoms with van der Waals surface area (Å²) in [4.78, 5) is 37.3. The summed E-state index contributed by atoms with van der Waals surface area (Å²) in [7, 11) is 0. The highest BCUT2D eigenvalue weighted by Gasteiger charge is 2.27. The normalized spacial score (nSPS) is 10.5. The van der Waals surface area contributed by atoms with E-state index in [9.17, 15) is 14.4 Å². The first-order valence-electron chi connectivity index (χ1n) is 9.94. The van der Waals surface area contributed by atoms with Gasteiger partial charge in [0.2, 0.25) is 5.91 Å². The molecule has 0 atom stereocenters. The van der Waals surface area contributed by atoms with Gasteiger partial charge in [0, 0.05) is 11.4 Å². The Kier molecular flexibility index (Phi) is 9.33. The molecule has 1 aromatic carbocycles.